The monoisotopic (exact) mass is 780 g/mol. The van der Waals surface area contributed by atoms with Gasteiger partial charge in [0.05, 0.1) is 10.4 Å². The topological polar surface area (TPSA) is 32.8 Å². The van der Waals surface area contributed by atoms with E-state index in [-0.39, 0.29) is 0 Å². The highest BCUT2D eigenvalue weighted by Crippen LogP contribution is 2.52. The molecule has 4 heterocycles. The van der Waals surface area contributed by atoms with E-state index in [4.69, 9.17) is 8.83 Å². The van der Waals surface area contributed by atoms with Crippen LogP contribution in [0, 0.1) is 0 Å². The van der Waals surface area contributed by atoms with Crippen LogP contribution in [0.1, 0.15) is 0 Å². The third-order valence-corrected chi connectivity index (χ3v) is 13.1. The van der Waals surface area contributed by atoms with E-state index in [0.29, 0.717) is 0 Å². The summed E-state index contributed by atoms with van der Waals surface area (Å²) in [7, 11) is 0. The van der Waals surface area contributed by atoms with Gasteiger partial charge in [-0.15, -0.1) is 22.7 Å². The minimum Gasteiger partial charge on any atom is -0.456 e. The van der Waals surface area contributed by atoms with Crippen molar-refractivity contribution in [2.75, 3.05) is 9.80 Å². The van der Waals surface area contributed by atoms with Gasteiger partial charge in [-0.25, -0.2) is 0 Å². The second-order valence-electron chi connectivity index (χ2n) is 14.5. The second kappa shape index (κ2) is 13.2. The molecule has 0 N–H and O–H groups in total. The molecule has 4 nitrogen and oxygen atoms in total. The number of hydrogen-bond acceptors (Lipinski definition) is 6. The smallest absolute Gasteiger partial charge is 0.135 e. The van der Waals surface area contributed by atoms with Gasteiger partial charge < -0.3 is 18.6 Å². The van der Waals surface area contributed by atoms with Crippen LogP contribution in [0.2, 0.25) is 0 Å². The van der Waals surface area contributed by atoms with Gasteiger partial charge in [0.1, 0.15) is 22.3 Å². The summed E-state index contributed by atoms with van der Waals surface area (Å²) in [6.45, 7) is 0. The Morgan fingerprint density at radius 3 is 1.41 bits per heavy atom. The summed E-state index contributed by atoms with van der Waals surface area (Å²) in [5.74, 6) is 0. The van der Waals surface area contributed by atoms with Crippen molar-refractivity contribution in [3.8, 4) is 11.1 Å². The Morgan fingerprint density at radius 1 is 0.328 bits per heavy atom. The molecule has 6 heteroatoms. The van der Waals surface area contributed by atoms with Gasteiger partial charge in [-0.3, -0.25) is 0 Å². The third-order valence-electron chi connectivity index (χ3n) is 11.2. The van der Waals surface area contributed by atoms with Gasteiger partial charge in [0, 0.05) is 71.0 Å². The van der Waals surface area contributed by atoms with Crippen molar-refractivity contribution in [1.82, 2.24) is 0 Å². The molecule has 0 amide bonds. The summed E-state index contributed by atoms with van der Waals surface area (Å²) in [5.41, 5.74) is 12.7. The van der Waals surface area contributed by atoms with E-state index in [1.807, 2.05) is 24.3 Å². The lowest BCUT2D eigenvalue weighted by Crippen LogP contribution is -2.10. The second-order valence-corrected chi connectivity index (χ2v) is 16.3. The van der Waals surface area contributed by atoms with Crippen molar-refractivity contribution in [2.45, 2.75) is 0 Å². The molecule has 8 aromatic carbocycles. The van der Waals surface area contributed by atoms with Crippen molar-refractivity contribution in [3.05, 3.63) is 193 Å². The Kier molecular flexibility index (Phi) is 7.55. The van der Waals surface area contributed by atoms with Gasteiger partial charge in [0.2, 0.25) is 0 Å². The predicted molar refractivity (Wildman–Crippen MR) is 247 cm³/mol. The molecule has 0 saturated heterocycles. The van der Waals surface area contributed by atoms with E-state index >= 15 is 0 Å². The van der Waals surface area contributed by atoms with Crippen molar-refractivity contribution < 1.29 is 8.83 Å². The zero-order valence-electron chi connectivity index (χ0n) is 31.0. The number of rotatable bonds is 7. The van der Waals surface area contributed by atoms with Crippen molar-refractivity contribution in [3.63, 3.8) is 0 Å². The molecular formula is C52H32N2O2S2. The van der Waals surface area contributed by atoms with E-state index in [0.717, 1.165) is 72.3 Å². The van der Waals surface area contributed by atoms with Crippen LogP contribution in [-0.4, -0.2) is 0 Å². The van der Waals surface area contributed by atoms with Crippen LogP contribution in [0.15, 0.2) is 202 Å². The maximum atomic E-state index is 6.26. The van der Waals surface area contributed by atoms with Crippen LogP contribution < -0.4 is 9.80 Å². The van der Waals surface area contributed by atoms with Gasteiger partial charge in [-0.1, -0.05) is 84.9 Å². The Balaban J connectivity index is 1.01. The molecule has 0 spiro atoms. The Morgan fingerprint density at radius 2 is 0.793 bits per heavy atom. The van der Waals surface area contributed by atoms with Gasteiger partial charge in [0.25, 0.3) is 0 Å². The Bertz CT molecular complexity index is 3420. The zero-order chi connectivity index (χ0) is 38.2. The summed E-state index contributed by atoms with van der Waals surface area (Å²) < 4.78 is 15.0. The molecule has 274 valence electrons. The van der Waals surface area contributed by atoms with Crippen LogP contribution in [0.25, 0.3) is 75.2 Å². The summed E-state index contributed by atoms with van der Waals surface area (Å²) in [6.07, 6.45) is 0. The predicted octanol–water partition coefficient (Wildman–Crippen LogP) is 16.5. The number of benzene rings is 8. The van der Waals surface area contributed by atoms with E-state index in [9.17, 15) is 0 Å². The lowest BCUT2D eigenvalue weighted by atomic mass is 9.97. The molecular weight excluding hydrogens is 749 g/mol. The normalized spacial score (nSPS) is 11.8. The summed E-state index contributed by atoms with van der Waals surface area (Å²) in [5, 5.41) is 11.4. The molecule has 58 heavy (non-hydrogen) atoms. The van der Waals surface area contributed by atoms with Crippen molar-refractivity contribution in [2.24, 2.45) is 0 Å². The summed E-state index contributed by atoms with van der Waals surface area (Å²) in [6, 6.07) is 64.6. The quantitative estimate of drug-likeness (QED) is 0.161. The fourth-order valence-corrected chi connectivity index (χ4v) is 10.6. The molecule has 0 fully saturated rings. The average molecular weight is 781 g/mol. The molecule has 0 bridgehead atoms. The van der Waals surface area contributed by atoms with Crippen LogP contribution in [0.3, 0.4) is 0 Å². The van der Waals surface area contributed by atoms with Crippen LogP contribution in [-0.2, 0) is 0 Å². The number of anilines is 6. The summed E-state index contributed by atoms with van der Waals surface area (Å²) >= 11 is 3.61. The number of para-hydroxylation sites is 4. The molecule has 12 aromatic rings. The standard InChI is InChI=1S/C52H32N2O2S2/c1-3-11-34(12-4-1)53(37-23-25-47-43(31-37)39-15-7-9-17-45(39)55-47)36-21-19-33(20-22-36)49-41-27-29-58-52(41)50(42-28-30-57-51(42)49)54(35-13-5-2-6-14-35)38-24-26-48-44(32-38)40-16-8-10-18-46(40)56-48/h1-32H. The number of hydrogen-bond donors (Lipinski definition) is 0. The van der Waals surface area contributed by atoms with Crippen LogP contribution in [0.5, 0.6) is 0 Å². The maximum absolute atomic E-state index is 6.26. The molecule has 0 atom stereocenters. The highest BCUT2D eigenvalue weighted by atomic mass is 32.1. The van der Waals surface area contributed by atoms with Gasteiger partial charge >= 0.3 is 0 Å². The summed E-state index contributed by atoms with van der Waals surface area (Å²) in [4.78, 5) is 4.76. The van der Waals surface area contributed by atoms with E-state index < -0.39 is 0 Å². The van der Waals surface area contributed by atoms with Crippen molar-refractivity contribution >= 4 is 121 Å². The fourth-order valence-electron chi connectivity index (χ4n) is 8.62. The zero-order valence-corrected chi connectivity index (χ0v) is 32.6. The van der Waals surface area contributed by atoms with Gasteiger partial charge in [-0.05, 0) is 113 Å². The molecule has 0 aliphatic heterocycles. The maximum Gasteiger partial charge on any atom is 0.135 e. The number of furan rings is 2. The number of nitrogens with zero attached hydrogens (tertiary/aromatic N) is 2. The highest BCUT2D eigenvalue weighted by molar-refractivity contribution is 7.20. The first-order chi connectivity index (χ1) is 28.8. The molecule has 4 aromatic heterocycles. The van der Waals surface area contributed by atoms with E-state index in [2.05, 4.69) is 178 Å². The minimum absolute atomic E-state index is 0.887. The Labute approximate surface area is 341 Å². The van der Waals surface area contributed by atoms with Gasteiger partial charge in [0.15, 0.2) is 0 Å². The fraction of sp³-hybridized carbons (Fsp3) is 0. The lowest BCUT2D eigenvalue weighted by molar-refractivity contribution is 0.668. The van der Waals surface area contributed by atoms with E-state index in [1.54, 1.807) is 22.7 Å². The SMILES string of the molecule is c1ccc(N(c2ccc(-c3c4ccsc4c(N(c4ccccc4)c4ccc5oc6ccccc6c5c4)c4ccsc34)cc2)c2ccc3oc4ccccc4c3c2)cc1. The first-order valence-corrected chi connectivity index (χ1v) is 21.1. The molecule has 0 unspecified atom stereocenters. The molecule has 0 saturated carbocycles. The molecule has 0 aliphatic rings. The third kappa shape index (κ3) is 5.19. The van der Waals surface area contributed by atoms with Crippen LogP contribution >= 0.6 is 22.7 Å². The minimum atomic E-state index is 0.887. The molecule has 12 rings (SSSR count). The average Bonchev–Trinajstić information content (AvgIpc) is 4.10. The number of thiophene rings is 2. The van der Waals surface area contributed by atoms with E-state index in [1.165, 1.54) is 37.0 Å². The van der Waals surface area contributed by atoms with Gasteiger partial charge in [-0.2, -0.15) is 0 Å². The Hall–Kier alpha value is -7.12. The molecule has 0 aliphatic carbocycles. The first kappa shape index (κ1) is 33.1. The van der Waals surface area contributed by atoms with Crippen LogP contribution in [0.4, 0.5) is 34.1 Å². The van der Waals surface area contributed by atoms with Crippen molar-refractivity contribution in [1.29, 1.82) is 0 Å². The molecule has 0 radical (unpaired) electrons. The highest BCUT2D eigenvalue weighted by Gasteiger charge is 2.25. The number of fused-ring (bicyclic) bond motifs is 8. The largest absolute Gasteiger partial charge is 0.456 e. The lowest BCUT2D eigenvalue weighted by Gasteiger charge is -2.28. The first-order valence-electron chi connectivity index (χ1n) is 19.3.